The highest BCUT2D eigenvalue weighted by atomic mass is 16.1. The van der Waals surface area contributed by atoms with Crippen molar-refractivity contribution in [2.75, 3.05) is 0 Å². The van der Waals surface area contributed by atoms with Crippen LogP contribution >= 0.6 is 0 Å². The second-order valence-electron chi connectivity index (χ2n) is 4.52. The summed E-state index contributed by atoms with van der Waals surface area (Å²) in [6.07, 6.45) is 1.75. The summed E-state index contributed by atoms with van der Waals surface area (Å²) in [7, 11) is 0. The Morgan fingerprint density at radius 2 is 1.32 bits per heavy atom. The quantitative estimate of drug-likeness (QED) is 0.448. The Labute approximate surface area is 132 Å². The highest BCUT2D eigenvalue weighted by molar-refractivity contribution is 5.93. The van der Waals surface area contributed by atoms with Gasteiger partial charge in [-0.1, -0.05) is 30.3 Å². The average molecular weight is 293 g/mol. The van der Waals surface area contributed by atoms with Gasteiger partial charge < -0.3 is 4.57 Å². The standard InChI is InChI=1S/C15H13NO.C3H6.C2H4/c1-2-16-13-9-5-3-7-11(13)15(17)12-8-4-6-10-14(12)16;1-3-2;1-2/h3-10H,2H2,1H3;3H,1H2,2H3;1-2H2. The van der Waals surface area contributed by atoms with Gasteiger partial charge >= 0.3 is 0 Å². The molecule has 0 N–H and O–H groups in total. The van der Waals surface area contributed by atoms with Gasteiger partial charge in [-0.2, -0.15) is 0 Å². The molecule has 22 heavy (non-hydrogen) atoms. The van der Waals surface area contributed by atoms with Crippen molar-refractivity contribution in [3.8, 4) is 0 Å². The first-order valence-corrected chi connectivity index (χ1v) is 7.31. The first-order valence-electron chi connectivity index (χ1n) is 7.31. The topological polar surface area (TPSA) is 22.0 Å². The molecule has 0 bridgehead atoms. The summed E-state index contributed by atoms with van der Waals surface area (Å²) in [6, 6.07) is 15.6. The number of rotatable bonds is 1. The van der Waals surface area contributed by atoms with E-state index in [0.717, 1.165) is 28.4 Å². The van der Waals surface area contributed by atoms with Crippen LogP contribution in [0.2, 0.25) is 0 Å². The third-order valence-corrected chi connectivity index (χ3v) is 3.20. The van der Waals surface area contributed by atoms with E-state index in [9.17, 15) is 4.79 Å². The molecule has 2 heteroatoms. The molecule has 0 atom stereocenters. The Balaban J connectivity index is 0.000000435. The molecule has 2 aromatic carbocycles. The van der Waals surface area contributed by atoms with Crippen LogP contribution in [0.4, 0.5) is 0 Å². The summed E-state index contributed by atoms with van der Waals surface area (Å²) in [5.74, 6) is 0. The number of nitrogens with zero attached hydrogens (tertiary/aromatic N) is 1. The average Bonchev–Trinajstić information content (AvgIpc) is 2.58. The molecule has 3 rings (SSSR count). The van der Waals surface area contributed by atoms with Gasteiger partial charge in [0.15, 0.2) is 5.43 Å². The van der Waals surface area contributed by atoms with Crippen LogP contribution in [0.15, 0.2) is 79.1 Å². The van der Waals surface area contributed by atoms with E-state index in [0.29, 0.717) is 0 Å². The number of hydrogen-bond donors (Lipinski definition) is 0. The molecule has 0 unspecified atom stereocenters. The van der Waals surface area contributed by atoms with Gasteiger partial charge in [0.2, 0.25) is 0 Å². The van der Waals surface area contributed by atoms with E-state index in [4.69, 9.17) is 0 Å². The van der Waals surface area contributed by atoms with E-state index in [1.807, 2.05) is 55.5 Å². The van der Waals surface area contributed by atoms with E-state index < -0.39 is 0 Å². The van der Waals surface area contributed by atoms with Crippen LogP contribution in [0, 0.1) is 0 Å². The van der Waals surface area contributed by atoms with Crippen molar-refractivity contribution in [2.24, 2.45) is 0 Å². The van der Waals surface area contributed by atoms with Gasteiger partial charge in [-0.25, -0.2) is 0 Å². The van der Waals surface area contributed by atoms with Gasteiger partial charge in [0.1, 0.15) is 0 Å². The molecule has 0 aliphatic rings. The number of aryl methyl sites for hydroxylation is 1. The zero-order valence-electron chi connectivity index (χ0n) is 13.4. The fourth-order valence-electron chi connectivity index (χ4n) is 2.42. The molecular weight excluding hydrogens is 270 g/mol. The first kappa shape index (κ1) is 17.4. The zero-order chi connectivity index (χ0) is 16.5. The molecule has 0 saturated heterocycles. The molecule has 114 valence electrons. The number of allylic oxidation sites excluding steroid dienone is 1. The Morgan fingerprint density at radius 3 is 1.68 bits per heavy atom. The van der Waals surface area contributed by atoms with Crippen molar-refractivity contribution in [1.29, 1.82) is 0 Å². The molecule has 0 amide bonds. The maximum Gasteiger partial charge on any atom is 0.197 e. The van der Waals surface area contributed by atoms with Crippen molar-refractivity contribution < 1.29 is 0 Å². The lowest BCUT2D eigenvalue weighted by molar-refractivity contribution is 0.821. The van der Waals surface area contributed by atoms with Gasteiger partial charge in [0, 0.05) is 17.3 Å². The van der Waals surface area contributed by atoms with Crippen molar-refractivity contribution in [3.05, 3.63) is 84.6 Å². The largest absolute Gasteiger partial charge is 0.341 e. The third kappa shape index (κ3) is 3.34. The van der Waals surface area contributed by atoms with Crippen LogP contribution in [-0.4, -0.2) is 4.57 Å². The Kier molecular flexibility index (Phi) is 6.84. The van der Waals surface area contributed by atoms with Crippen LogP contribution in [0.3, 0.4) is 0 Å². The van der Waals surface area contributed by atoms with Gasteiger partial charge in [0.25, 0.3) is 0 Å². The van der Waals surface area contributed by atoms with Crippen molar-refractivity contribution in [3.63, 3.8) is 0 Å². The van der Waals surface area contributed by atoms with Gasteiger partial charge in [0.05, 0.1) is 11.0 Å². The maximum absolute atomic E-state index is 12.3. The van der Waals surface area contributed by atoms with Crippen LogP contribution in [0.1, 0.15) is 13.8 Å². The van der Waals surface area contributed by atoms with E-state index in [1.54, 1.807) is 6.08 Å². The van der Waals surface area contributed by atoms with E-state index in [2.05, 4.69) is 31.2 Å². The van der Waals surface area contributed by atoms with Crippen molar-refractivity contribution >= 4 is 21.8 Å². The highest BCUT2D eigenvalue weighted by Crippen LogP contribution is 2.18. The van der Waals surface area contributed by atoms with E-state index >= 15 is 0 Å². The molecule has 0 saturated carbocycles. The molecule has 1 aromatic heterocycles. The molecule has 0 fully saturated rings. The molecule has 1 heterocycles. The number of aromatic nitrogens is 1. The Morgan fingerprint density at radius 1 is 0.955 bits per heavy atom. The minimum atomic E-state index is 0.126. The maximum atomic E-state index is 12.3. The second-order valence-corrected chi connectivity index (χ2v) is 4.52. The number of para-hydroxylation sites is 2. The molecule has 0 aliphatic carbocycles. The SMILES string of the molecule is C=C.C=CC.CCn1c2ccccc2c(=O)c2ccccc21. The third-order valence-electron chi connectivity index (χ3n) is 3.20. The Hall–Kier alpha value is -2.61. The van der Waals surface area contributed by atoms with E-state index in [1.165, 1.54) is 0 Å². The first-order chi connectivity index (χ1) is 10.7. The summed E-state index contributed by atoms with van der Waals surface area (Å²) >= 11 is 0. The number of benzene rings is 2. The predicted molar refractivity (Wildman–Crippen MR) is 98.5 cm³/mol. The minimum absolute atomic E-state index is 0.126. The van der Waals surface area contributed by atoms with E-state index in [-0.39, 0.29) is 5.43 Å². The molecule has 0 aliphatic heterocycles. The smallest absolute Gasteiger partial charge is 0.197 e. The predicted octanol–water partition coefficient (Wildman–Crippen LogP) is 5.17. The number of pyridine rings is 1. The summed E-state index contributed by atoms with van der Waals surface area (Å²) in [4.78, 5) is 12.3. The fraction of sp³-hybridized carbons (Fsp3) is 0.150. The molecular formula is C20H23NO. The molecule has 0 radical (unpaired) electrons. The monoisotopic (exact) mass is 293 g/mol. The summed E-state index contributed by atoms with van der Waals surface area (Å²) in [6.45, 7) is 14.2. The minimum Gasteiger partial charge on any atom is -0.341 e. The number of hydrogen-bond acceptors (Lipinski definition) is 1. The van der Waals surface area contributed by atoms with Crippen LogP contribution in [-0.2, 0) is 6.54 Å². The van der Waals surface area contributed by atoms with Crippen LogP contribution < -0.4 is 5.43 Å². The van der Waals surface area contributed by atoms with Crippen molar-refractivity contribution in [2.45, 2.75) is 20.4 Å². The van der Waals surface area contributed by atoms with Gasteiger partial charge in [-0.15, -0.1) is 19.7 Å². The summed E-state index contributed by atoms with van der Waals surface area (Å²) < 4.78 is 2.19. The van der Waals surface area contributed by atoms with Gasteiger partial charge in [-0.3, -0.25) is 4.79 Å². The van der Waals surface area contributed by atoms with Crippen molar-refractivity contribution in [1.82, 2.24) is 4.57 Å². The highest BCUT2D eigenvalue weighted by Gasteiger charge is 2.07. The Bertz CT molecular complexity index is 755. The summed E-state index contributed by atoms with van der Waals surface area (Å²) in [5, 5.41) is 1.60. The molecule has 3 aromatic rings. The lowest BCUT2D eigenvalue weighted by Crippen LogP contribution is -2.10. The second kappa shape index (κ2) is 8.63. The zero-order valence-corrected chi connectivity index (χ0v) is 13.4. The van der Waals surface area contributed by atoms with Gasteiger partial charge in [-0.05, 0) is 38.1 Å². The fourth-order valence-corrected chi connectivity index (χ4v) is 2.42. The lowest BCUT2D eigenvalue weighted by Gasteiger charge is -2.12. The lowest BCUT2D eigenvalue weighted by atomic mass is 10.1. The summed E-state index contributed by atoms with van der Waals surface area (Å²) in [5.41, 5.74) is 2.15. The molecule has 2 nitrogen and oxygen atoms in total. The molecule has 0 spiro atoms. The normalized spacial score (nSPS) is 9.36. The van der Waals surface area contributed by atoms with Crippen LogP contribution in [0.25, 0.3) is 21.8 Å². The number of fused-ring (bicyclic) bond motifs is 2. The van der Waals surface area contributed by atoms with Crippen LogP contribution in [0.5, 0.6) is 0 Å².